The van der Waals surface area contributed by atoms with Crippen LogP contribution in [0.4, 0.5) is 4.79 Å². The molecule has 1 fully saturated rings. The van der Waals surface area contributed by atoms with E-state index in [1.54, 1.807) is 0 Å². The molecule has 1 aliphatic heterocycles. The Kier molecular flexibility index (Phi) is 4.11. The highest BCUT2D eigenvalue weighted by Crippen LogP contribution is 2.05. The van der Waals surface area contributed by atoms with Crippen molar-refractivity contribution >= 4 is 16.1 Å². The van der Waals surface area contributed by atoms with Crippen molar-refractivity contribution in [1.82, 2.24) is 14.9 Å². The van der Waals surface area contributed by atoms with Gasteiger partial charge in [-0.3, -0.25) is 0 Å². The summed E-state index contributed by atoms with van der Waals surface area (Å²) in [6.07, 6.45) is -0.552. The molecule has 1 heterocycles. The molecule has 0 radical (unpaired) electrons. The fourth-order valence-electron chi connectivity index (χ4n) is 1.63. The van der Waals surface area contributed by atoms with Gasteiger partial charge in [-0.1, -0.05) is 0 Å². The summed E-state index contributed by atoms with van der Waals surface area (Å²) >= 11 is 0. The van der Waals surface area contributed by atoms with Crippen molar-refractivity contribution in [2.75, 3.05) is 25.9 Å². The number of amides is 1. The second kappa shape index (κ2) is 4.98. The van der Waals surface area contributed by atoms with Crippen molar-refractivity contribution in [3.63, 3.8) is 0 Å². The van der Waals surface area contributed by atoms with Crippen LogP contribution < -0.4 is 10.6 Å². The zero-order valence-corrected chi connectivity index (χ0v) is 10.1. The fourth-order valence-corrected chi connectivity index (χ4v) is 2.35. The van der Waals surface area contributed by atoms with Crippen molar-refractivity contribution in [3.8, 4) is 0 Å². The van der Waals surface area contributed by atoms with Gasteiger partial charge in [-0.25, -0.2) is 17.5 Å². The molecule has 0 aromatic rings. The summed E-state index contributed by atoms with van der Waals surface area (Å²) < 4.78 is 23.0. The Bertz CT molecular complexity index is 356. The molecular formula is C8H17N3O4S. The summed E-state index contributed by atoms with van der Waals surface area (Å²) in [5, 5.41) is 15.1. The van der Waals surface area contributed by atoms with Gasteiger partial charge in [0.05, 0.1) is 12.8 Å². The second-order valence-electron chi connectivity index (χ2n) is 3.88. The summed E-state index contributed by atoms with van der Waals surface area (Å²) in [6, 6.07) is -0.156. The van der Waals surface area contributed by atoms with Gasteiger partial charge in [0.25, 0.3) is 0 Å². The molecule has 1 rings (SSSR count). The maximum absolute atomic E-state index is 11.3. The lowest BCUT2D eigenvalue weighted by Gasteiger charge is -2.33. The van der Waals surface area contributed by atoms with Gasteiger partial charge in [0.1, 0.15) is 0 Å². The largest absolute Gasteiger partial charge is 0.464 e. The summed E-state index contributed by atoms with van der Waals surface area (Å²) in [6.45, 7) is 3.32. The number of nitrogens with one attached hydrogen (secondary N) is 2. The monoisotopic (exact) mass is 251 g/mol. The Hall–Kier alpha value is -0.860. The number of piperazine rings is 1. The molecule has 0 saturated carbocycles. The van der Waals surface area contributed by atoms with Crippen LogP contribution in [0.15, 0.2) is 0 Å². The van der Waals surface area contributed by atoms with Gasteiger partial charge in [-0.2, -0.15) is 0 Å². The van der Waals surface area contributed by atoms with Crippen LogP contribution in [-0.2, 0) is 10.0 Å². The van der Waals surface area contributed by atoms with Crippen LogP contribution in [0.25, 0.3) is 0 Å². The molecule has 0 aliphatic carbocycles. The second-order valence-corrected chi connectivity index (χ2v) is 5.79. The molecule has 94 valence electrons. The minimum Gasteiger partial charge on any atom is -0.464 e. The van der Waals surface area contributed by atoms with Gasteiger partial charge >= 0.3 is 6.09 Å². The summed E-state index contributed by atoms with van der Waals surface area (Å²) in [5.41, 5.74) is 0. The number of nitrogens with zero attached hydrogens (tertiary/aromatic N) is 1. The van der Waals surface area contributed by atoms with Gasteiger partial charge in [0.15, 0.2) is 0 Å². The van der Waals surface area contributed by atoms with E-state index in [2.05, 4.69) is 10.6 Å². The molecule has 1 aliphatic rings. The zero-order chi connectivity index (χ0) is 12.3. The normalized spacial score (nSPS) is 26.4. The van der Waals surface area contributed by atoms with Crippen LogP contribution in [0.2, 0.25) is 0 Å². The Morgan fingerprint density at radius 2 is 2.00 bits per heavy atom. The fraction of sp³-hybridized carbons (Fsp3) is 0.875. The third-order valence-electron chi connectivity index (χ3n) is 2.58. The van der Waals surface area contributed by atoms with Gasteiger partial charge in [0, 0.05) is 25.2 Å². The van der Waals surface area contributed by atoms with Gasteiger partial charge in [-0.05, 0) is 6.92 Å². The first-order valence-corrected chi connectivity index (χ1v) is 6.84. The summed E-state index contributed by atoms with van der Waals surface area (Å²) in [5.74, 6) is 0. The predicted molar refractivity (Wildman–Crippen MR) is 58.8 cm³/mol. The van der Waals surface area contributed by atoms with E-state index in [-0.39, 0.29) is 18.6 Å². The number of hydrogen-bond donors (Lipinski definition) is 3. The molecular weight excluding hydrogens is 234 g/mol. The van der Waals surface area contributed by atoms with Crippen LogP contribution in [0.1, 0.15) is 6.92 Å². The molecule has 1 amide bonds. The lowest BCUT2D eigenvalue weighted by molar-refractivity contribution is 0.165. The smallest absolute Gasteiger partial charge is 0.421 e. The molecule has 0 spiro atoms. The number of hydrogen-bond acceptors (Lipinski definition) is 5. The van der Waals surface area contributed by atoms with Crippen molar-refractivity contribution in [2.45, 2.75) is 19.0 Å². The van der Waals surface area contributed by atoms with Crippen LogP contribution >= 0.6 is 0 Å². The van der Waals surface area contributed by atoms with E-state index in [9.17, 15) is 13.2 Å². The third kappa shape index (κ3) is 3.32. The minimum absolute atomic E-state index is 0.0392. The molecule has 7 nitrogen and oxygen atoms in total. The molecule has 0 aromatic carbocycles. The summed E-state index contributed by atoms with van der Waals surface area (Å²) in [7, 11) is -3.72. The highest BCUT2D eigenvalue weighted by Gasteiger charge is 2.29. The Balaban J connectivity index is 2.72. The number of carboxylic acid groups (broad SMARTS) is 1. The van der Waals surface area contributed by atoms with E-state index in [1.165, 1.54) is 0 Å². The average Bonchev–Trinajstić information content (AvgIpc) is 2.14. The lowest BCUT2D eigenvalue weighted by Crippen LogP contribution is -2.59. The Morgan fingerprint density at radius 3 is 2.44 bits per heavy atom. The Labute approximate surface area is 94.9 Å². The average molecular weight is 251 g/mol. The van der Waals surface area contributed by atoms with Gasteiger partial charge < -0.3 is 15.7 Å². The standard InChI is InChI=1S/C8H17N3O4S/c1-6-7(10-4-3-9-6)5-11(8(12)13)16(2,14)15/h6-7,9-10H,3-5H2,1-2H3,(H,12,13). The van der Waals surface area contributed by atoms with E-state index >= 15 is 0 Å². The van der Waals surface area contributed by atoms with E-state index in [0.29, 0.717) is 10.8 Å². The van der Waals surface area contributed by atoms with Crippen LogP contribution in [0, 0.1) is 0 Å². The molecule has 2 atom stereocenters. The number of sulfonamides is 1. The SMILES string of the molecule is CC1NCCNC1CN(C(=O)O)S(C)(=O)=O. The number of rotatable bonds is 3. The topological polar surface area (TPSA) is 98.7 Å². The quantitative estimate of drug-likeness (QED) is 0.587. The first kappa shape index (κ1) is 13.2. The first-order chi connectivity index (χ1) is 7.32. The van der Waals surface area contributed by atoms with Crippen LogP contribution in [0.3, 0.4) is 0 Å². The molecule has 0 bridgehead atoms. The zero-order valence-electron chi connectivity index (χ0n) is 9.30. The maximum Gasteiger partial charge on any atom is 0.421 e. The van der Waals surface area contributed by atoms with Crippen molar-refractivity contribution in [2.24, 2.45) is 0 Å². The molecule has 2 unspecified atom stereocenters. The van der Waals surface area contributed by atoms with Crippen molar-refractivity contribution in [1.29, 1.82) is 0 Å². The molecule has 8 heteroatoms. The molecule has 1 saturated heterocycles. The van der Waals surface area contributed by atoms with Crippen LogP contribution in [-0.4, -0.2) is 61.9 Å². The van der Waals surface area contributed by atoms with Crippen molar-refractivity contribution in [3.05, 3.63) is 0 Å². The Morgan fingerprint density at radius 1 is 1.44 bits per heavy atom. The van der Waals surface area contributed by atoms with Gasteiger partial charge in [0.2, 0.25) is 10.0 Å². The first-order valence-electron chi connectivity index (χ1n) is 5.00. The molecule has 3 N–H and O–H groups in total. The van der Waals surface area contributed by atoms with E-state index < -0.39 is 16.1 Å². The van der Waals surface area contributed by atoms with Gasteiger partial charge in [-0.15, -0.1) is 0 Å². The van der Waals surface area contributed by atoms with Crippen molar-refractivity contribution < 1.29 is 18.3 Å². The minimum atomic E-state index is -3.72. The molecule has 0 aromatic heterocycles. The summed E-state index contributed by atoms with van der Waals surface area (Å²) in [4.78, 5) is 10.8. The van der Waals surface area contributed by atoms with E-state index in [0.717, 1.165) is 12.8 Å². The van der Waals surface area contributed by atoms with Crippen LogP contribution in [0.5, 0.6) is 0 Å². The highest BCUT2D eigenvalue weighted by atomic mass is 32.2. The van der Waals surface area contributed by atoms with E-state index in [4.69, 9.17) is 5.11 Å². The highest BCUT2D eigenvalue weighted by molar-refractivity contribution is 7.88. The lowest BCUT2D eigenvalue weighted by atomic mass is 10.1. The number of carbonyl (C=O) groups is 1. The predicted octanol–water partition coefficient (Wildman–Crippen LogP) is -1.12. The van der Waals surface area contributed by atoms with E-state index in [1.807, 2.05) is 6.92 Å². The maximum atomic E-state index is 11.3. The molecule has 16 heavy (non-hydrogen) atoms. The third-order valence-corrected chi connectivity index (χ3v) is 3.68.